The third kappa shape index (κ3) is 4.88. The molecule has 0 aliphatic heterocycles. The molecule has 1 N–H and O–H groups in total. The first-order valence-corrected chi connectivity index (χ1v) is 10.2. The molecule has 29 heavy (non-hydrogen) atoms. The maximum absolute atomic E-state index is 12.5. The van der Waals surface area contributed by atoms with Gasteiger partial charge in [0.1, 0.15) is 10.6 Å². The molecule has 0 bridgehead atoms. The van der Waals surface area contributed by atoms with Gasteiger partial charge in [-0.15, -0.1) is 11.3 Å². The number of amides is 1. The van der Waals surface area contributed by atoms with Crippen LogP contribution in [0.1, 0.15) is 20.8 Å². The molecule has 148 valence electrons. The number of halogens is 2. The molecule has 0 aliphatic carbocycles. The summed E-state index contributed by atoms with van der Waals surface area (Å²) in [5.41, 5.74) is 2.63. The lowest BCUT2D eigenvalue weighted by Gasteiger charge is -2.07. The van der Waals surface area contributed by atoms with Crippen molar-refractivity contribution < 1.29 is 14.3 Å². The van der Waals surface area contributed by atoms with Crippen molar-refractivity contribution in [2.24, 2.45) is 0 Å². The van der Waals surface area contributed by atoms with Gasteiger partial charge < -0.3 is 10.1 Å². The molecule has 0 saturated heterocycles. The number of anilines is 1. The van der Waals surface area contributed by atoms with Crippen LogP contribution in [0.5, 0.6) is 0 Å². The van der Waals surface area contributed by atoms with E-state index in [0.717, 1.165) is 16.0 Å². The fraction of sp³-hybridized carbons (Fsp3) is 0.0909. The average molecular weight is 446 g/mol. The number of nitrogens with one attached hydrogen (secondary N) is 1. The van der Waals surface area contributed by atoms with Crippen LogP contribution in [0.25, 0.3) is 17.2 Å². The summed E-state index contributed by atoms with van der Waals surface area (Å²) >= 11 is 13.3. The van der Waals surface area contributed by atoms with E-state index < -0.39 is 5.97 Å². The van der Waals surface area contributed by atoms with E-state index in [4.69, 9.17) is 27.9 Å². The van der Waals surface area contributed by atoms with Crippen molar-refractivity contribution >= 4 is 57.5 Å². The number of ether oxygens (including phenoxy) is 1. The molecule has 1 aromatic heterocycles. The lowest BCUT2D eigenvalue weighted by Crippen LogP contribution is -2.11. The fourth-order valence-corrected chi connectivity index (χ4v) is 4.38. The molecule has 0 unspecified atom stereocenters. The maximum Gasteiger partial charge on any atom is 0.341 e. The van der Waals surface area contributed by atoms with Gasteiger partial charge >= 0.3 is 5.97 Å². The molecule has 3 rings (SSSR count). The molecule has 1 amide bonds. The lowest BCUT2D eigenvalue weighted by atomic mass is 10.0. The van der Waals surface area contributed by atoms with Gasteiger partial charge in [0.2, 0.25) is 5.91 Å². The Balaban J connectivity index is 1.91. The standard InChI is InChI=1S/C22H17Cl2NO3S/c1-13-19(15-6-4-3-5-7-15)20(22(27)28-2)21(29-13)25-18(26)11-9-14-8-10-16(23)12-17(14)24/h3-12H,1-2H3,(H,25,26)/b11-9+. The molecule has 3 aromatic rings. The van der Waals surface area contributed by atoms with E-state index in [1.54, 1.807) is 24.3 Å². The minimum Gasteiger partial charge on any atom is -0.465 e. The summed E-state index contributed by atoms with van der Waals surface area (Å²) in [6.07, 6.45) is 2.94. The zero-order valence-corrected chi connectivity index (χ0v) is 18.0. The van der Waals surface area contributed by atoms with Crippen LogP contribution >= 0.6 is 34.5 Å². The topological polar surface area (TPSA) is 55.4 Å². The number of carbonyl (C=O) groups is 2. The second-order valence-corrected chi connectivity index (χ2v) is 8.15. The quantitative estimate of drug-likeness (QED) is 0.361. The highest BCUT2D eigenvalue weighted by atomic mass is 35.5. The predicted molar refractivity (Wildman–Crippen MR) is 120 cm³/mol. The summed E-state index contributed by atoms with van der Waals surface area (Å²) in [7, 11) is 1.32. The number of aryl methyl sites for hydroxylation is 1. The number of hydrogen-bond acceptors (Lipinski definition) is 4. The van der Waals surface area contributed by atoms with Crippen LogP contribution in [0.2, 0.25) is 10.0 Å². The number of esters is 1. The number of methoxy groups -OCH3 is 1. The van der Waals surface area contributed by atoms with Crippen LogP contribution in [-0.2, 0) is 9.53 Å². The maximum atomic E-state index is 12.5. The Kier molecular flexibility index (Phi) is 6.75. The van der Waals surface area contributed by atoms with E-state index in [2.05, 4.69) is 5.32 Å². The van der Waals surface area contributed by atoms with Gasteiger partial charge in [0.05, 0.1) is 7.11 Å². The van der Waals surface area contributed by atoms with E-state index >= 15 is 0 Å². The Morgan fingerprint density at radius 3 is 2.48 bits per heavy atom. The minimum absolute atomic E-state index is 0.340. The number of hydrogen-bond donors (Lipinski definition) is 1. The molecule has 4 nitrogen and oxygen atoms in total. The van der Waals surface area contributed by atoms with Crippen molar-refractivity contribution in [3.05, 3.63) is 80.7 Å². The highest BCUT2D eigenvalue weighted by Crippen LogP contribution is 2.40. The van der Waals surface area contributed by atoms with Gasteiger partial charge in [-0.3, -0.25) is 4.79 Å². The van der Waals surface area contributed by atoms with Crippen LogP contribution < -0.4 is 5.32 Å². The van der Waals surface area contributed by atoms with Gasteiger partial charge in [-0.05, 0) is 36.3 Å². The molecule has 0 aliphatic rings. The zero-order valence-electron chi connectivity index (χ0n) is 15.7. The van der Waals surface area contributed by atoms with Crippen LogP contribution in [0.4, 0.5) is 5.00 Å². The van der Waals surface area contributed by atoms with E-state index in [1.165, 1.54) is 24.5 Å². The summed E-state index contributed by atoms with van der Waals surface area (Å²) in [5.74, 6) is -0.893. The summed E-state index contributed by atoms with van der Waals surface area (Å²) in [6.45, 7) is 1.90. The van der Waals surface area contributed by atoms with Crippen LogP contribution in [0, 0.1) is 6.92 Å². The molecule has 7 heteroatoms. The molecule has 0 spiro atoms. The van der Waals surface area contributed by atoms with Gasteiger partial charge in [-0.2, -0.15) is 0 Å². The molecule has 0 saturated carbocycles. The van der Waals surface area contributed by atoms with Crippen LogP contribution in [0.15, 0.2) is 54.6 Å². The normalized spacial score (nSPS) is 10.9. The van der Waals surface area contributed by atoms with E-state index in [0.29, 0.717) is 26.2 Å². The third-order valence-corrected chi connectivity index (χ3v) is 5.73. The molecular formula is C22H17Cl2NO3S. The number of thiophene rings is 1. The van der Waals surface area contributed by atoms with Crippen molar-refractivity contribution in [1.29, 1.82) is 0 Å². The number of benzene rings is 2. The largest absolute Gasteiger partial charge is 0.465 e. The molecule has 0 radical (unpaired) electrons. The summed E-state index contributed by atoms with van der Waals surface area (Å²) in [6, 6.07) is 14.5. The first kappa shape index (κ1) is 21.1. The number of carbonyl (C=O) groups excluding carboxylic acids is 2. The van der Waals surface area contributed by atoms with Crippen LogP contribution in [-0.4, -0.2) is 19.0 Å². The SMILES string of the molecule is COC(=O)c1c(NC(=O)/C=C/c2ccc(Cl)cc2Cl)sc(C)c1-c1ccccc1. The van der Waals surface area contributed by atoms with Gasteiger partial charge in [-0.1, -0.05) is 59.6 Å². The molecule has 0 atom stereocenters. The van der Waals surface area contributed by atoms with Crippen molar-refractivity contribution in [1.82, 2.24) is 0 Å². The van der Waals surface area contributed by atoms with Crippen molar-refractivity contribution in [3.8, 4) is 11.1 Å². The second kappa shape index (κ2) is 9.27. The van der Waals surface area contributed by atoms with E-state index in [9.17, 15) is 9.59 Å². The second-order valence-electron chi connectivity index (χ2n) is 6.08. The third-order valence-electron chi connectivity index (χ3n) is 4.15. The monoisotopic (exact) mass is 445 g/mol. The van der Waals surface area contributed by atoms with Gasteiger partial charge in [0.15, 0.2) is 0 Å². The highest BCUT2D eigenvalue weighted by Gasteiger charge is 2.24. The van der Waals surface area contributed by atoms with Gasteiger partial charge in [-0.25, -0.2) is 4.79 Å². The lowest BCUT2D eigenvalue weighted by molar-refractivity contribution is -0.111. The molecular weight excluding hydrogens is 429 g/mol. The zero-order chi connectivity index (χ0) is 21.0. The van der Waals surface area contributed by atoms with Crippen molar-refractivity contribution in [3.63, 3.8) is 0 Å². The highest BCUT2D eigenvalue weighted by molar-refractivity contribution is 7.17. The molecule has 2 aromatic carbocycles. The average Bonchev–Trinajstić information content (AvgIpc) is 3.02. The Labute approximate surface area is 182 Å². The summed E-state index contributed by atoms with van der Waals surface area (Å²) in [4.78, 5) is 25.8. The van der Waals surface area contributed by atoms with Crippen molar-refractivity contribution in [2.45, 2.75) is 6.92 Å². The Hall–Kier alpha value is -2.60. The van der Waals surface area contributed by atoms with E-state index in [-0.39, 0.29) is 5.91 Å². The smallest absolute Gasteiger partial charge is 0.341 e. The first-order valence-electron chi connectivity index (χ1n) is 8.62. The summed E-state index contributed by atoms with van der Waals surface area (Å²) < 4.78 is 4.96. The summed E-state index contributed by atoms with van der Waals surface area (Å²) in [5, 5.41) is 4.17. The van der Waals surface area contributed by atoms with E-state index in [1.807, 2.05) is 37.3 Å². The number of rotatable bonds is 5. The predicted octanol–water partition coefficient (Wildman–Crippen LogP) is 6.47. The Morgan fingerprint density at radius 2 is 1.83 bits per heavy atom. The Morgan fingerprint density at radius 1 is 1.10 bits per heavy atom. The first-order chi connectivity index (χ1) is 13.9. The fourth-order valence-electron chi connectivity index (χ4n) is 2.84. The van der Waals surface area contributed by atoms with Gasteiger partial charge in [0, 0.05) is 26.6 Å². The Bertz CT molecular complexity index is 1090. The van der Waals surface area contributed by atoms with Crippen LogP contribution in [0.3, 0.4) is 0 Å². The molecule has 0 fully saturated rings. The van der Waals surface area contributed by atoms with Gasteiger partial charge in [0.25, 0.3) is 0 Å². The molecule has 1 heterocycles. The van der Waals surface area contributed by atoms with Crippen molar-refractivity contribution in [2.75, 3.05) is 12.4 Å². The minimum atomic E-state index is -0.506.